The second-order valence-corrected chi connectivity index (χ2v) is 16.9. The van der Waals surface area contributed by atoms with E-state index in [4.69, 9.17) is 19.3 Å². The molecule has 0 unspecified atom stereocenters. The van der Waals surface area contributed by atoms with Gasteiger partial charge in [0.25, 0.3) is 0 Å². The Morgan fingerprint density at radius 1 is 0.873 bits per heavy atom. The van der Waals surface area contributed by atoms with Crippen LogP contribution in [0.1, 0.15) is 77.0 Å². The molecule has 3 aromatic carbocycles. The molecule has 5 aromatic rings. The molecule has 0 aliphatic carbocycles. The summed E-state index contributed by atoms with van der Waals surface area (Å²) >= 11 is 0. The highest BCUT2D eigenvalue weighted by Gasteiger charge is 2.30. The van der Waals surface area contributed by atoms with Gasteiger partial charge in [-0.3, -0.25) is 9.58 Å². The number of nitrogens with zero attached hydrogens (tertiary/aromatic N) is 5. The molecule has 294 valence electrons. The fourth-order valence-electron chi connectivity index (χ4n) is 8.05. The Morgan fingerprint density at radius 3 is 2.38 bits per heavy atom. The molecule has 2 aromatic heterocycles. The maximum atomic E-state index is 16.5. The van der Waals surface area contributed by atoms with E-state index in [2.05, 4.69) is 30.2 Å². The van der Waals surface area contributed by atoms with Crippen molar-refractivity contribution in [3.63, 3.8) is 0 Å². The number of fused-ring (bicyclic) bond motifs is 3. The average molecular weight is 756 g/mol. The van der Waals surface area contributed by atoms with E-state index in [0.29, 0.717) is 64.3 Å². The fourth-order valence-corrected chi connectivity index (χ4v) is 8.05. The lowest BCUT2D eigenvalue weighted by molar-refractivity contribution is -0.0181. The highest BCUT2D eigenvalue weighted by atomic mass is 19.1. The lowest BCUT2D eigenvalue weighted by atomic mass is 9.97. The number of ether oxygens (including phenoxy) is 3. The summed E-state index contributed by atoms with van der Waals surface area (Å²) in [6, 6.07) is 14.0. The highest BCUT2D eigenvalue weighted by Crippen LogP contribution is 2.41. The molecular weight excluding hydrogens is 701 g/mol. The van der Waals surface area contributed by atoms with Crippen molar-refractivity contribution in [2.24, 2.45) is 0 Å². The summed E-state index contributed by atoms with van der Waals surface area (Å²) in [6.07, 6.45) is 2.97. The monoisotopic (exact) mass is 755 g/mol. The first-order valence-corrected chi connectivity index (χ1v) is 19.7. The number of benzene rings is 3. The van der Waals surface area contributed by atoms with Crippen molar-refractivity contribution < 1.29 is 27.8 Å². The van der Waals surface area contributed by atoms with Crippen LogP contribution in [0.25, 0.3) is 32.8 Å². The molecule has 11 heteroatoms. The van der Waals surface area contributed by atoms with Crippen LogP contribution in [0.15, 0.2) is 48.5 Å². The van der Waals surface area contributed by atoms with Gasteiger partial charge in [-0.05, 0) is 121 Å². The number of amides is 1. The van der Waals surface area contributed by atoms with Gasteiger partial charge in [0.15, 0.2) is 0 Å². The largest absolute Gasteiger partial charge is 0.493 e. The molecule has 1 amide bonds. The second kappa shape index (κ2) is 15.6. The van der Waals surface area contributed by atoms with Crippen LogP contribution in [0.2, 0.25) is 0 Å². The molecule has 0 saturated carbocycles. The molecule has 0 atom stereocenters. The Hall–Kier alpha value is -4.48. The third-order valence-electron chi connectivity index (χ3n) is 10.6. The van der Waals surface area contributed by atoms with Crippen LogP contribution in [-0.4, -0.2) is 80.8 Å². The van der Waals surface area contributed by atoms with Gasteiger partial charge in [-0.15, -0.1) is 0 Å². The van der Waals surface area contributed by atoms with Gasteiger partial charge in [0.2, 0.25) is 0 Å². The van der Waals surface area contributed by atoms with Crippen LogP contribution < -0.4 is 4.74 Å². The molecule has 7 rings (SSSR count). The molecule has 0 radical (unpaired) electrons. The Balaban J connectivity index is 1.23. The van der Waals surface area contributed by atoms with Crippen molar-refractivity contribution >= 4 is 27.8 Å². The maximum Gasteiger partial charge on any atom is 0.410 e. The van der Waals surface area contributed by atoms with E-state index >= 15 is 4.39 Å². The molecule has 4 heterocycles. The fraction of sp³-hybridized carbons (Fsp3) is 0.500. The highest BCUT2D eigenvalue weighted by molar-refractivity contribution is 5.99. The number of piperazine rings is 1. The van der Waals surface area contributed by atoms with E-state index in [9.17, 15) is 9.18 Å². The first-order chi connectivity index (χ1) is 26.2. The van der Waals surface area contributed by atoms with Crippen molar-refractivity contribution in [1.82, 2.24) is 24.1 Å². The van der Waals surface area contributed by atoms with E-state index in [-0.39, 0.29) is 17.7 Å². The van der Waals surface area contributed by atoms with Gasteiger partial charge in [0.05, 0.1) is 30.0 Å². The SMILES string of the molecule is Cc1nn2c(c1-c1c(F)ccc3c(CCCOc4cccc5cc(F)ccc45)c(COC(C)(C)C)n(CCN4CCN(C(=O)OC(C)(C)C)CC4)c13)CCC2. The summed E-state index contributed by atoms with van der Waals surface area (Å²) in [5.74, 6) is 0.188. The number of hydrogen-bond donors (Lipinski definition) is 0. The number of aryl methyl sites for hydroxylation is 3. The summed E-state index contributed by atoms with van der Waals surface area (Å²) in [5.41, 5.74) is 5.52. The van der Waals surface area contributed by atoms with Crippen LogP contribution in [0, 0.1) is 18.6 Å². The molecule has 0 bridgehead atoms. The standard InChI is InChI=1S/C44H55F2N5O4/c1-29-39(36-13-9-19-51(36)47-29)40-35(46)18-17-34-33(12-10-26-53-38-14-8-11-30-27-31(45)15-16-32(30)38)37(28-54-43(2,3)4)50(41(34)40)25-22-48-20-23-49(24-21-48)42(52)55-44(5,6)7/h8,11,14-18,27H,9-10,12-13,19-26,28H2,1-7H3. The Morgan fingerprint density at radius 2 is 1.64 bits per heavy atom. The van der Waals surface area contributed by atoms with Gasteiger partial charge in [0, 0.05) is 79.1 Å². The molecule has 1 saturated heterocycles. The van der Waals surface area contributed by atoms with Crippen LogP contribution in [0.5, 0.6) is 5.75 Å². The van der Waals surface area contributed by atoms with Gasteiger partial charge in [-0.1, -0.05) is 12.1 Å². The van der Waals surface area contributed by atoms with E-state index < -0.39 is 11.2 Å². The second-order valence-electron chi connectivity index (χ2n) is 16.9. The van der Waals surface area contributed by atoms with Crippen molar-refractivity contribution in [1.29, 1.82) is 0 Å². The van der Waals surface area contributed by atoms with E-state index in [0.717, 1.165) is 81.6 Å². The molecule has 2 aliphatic heterocycles. The molecule has 9 nitrogen and oxygen atoms in total. The molecule has 0 N–H and O–H groups in total. The quantitative estimate of drug-likeness (QED) is 0.125. The van der Waals surface area contributed by atoms with Crippen molar-refractivity contribution in [2.45, 2.75) is 105 Å². The van der Waals surface area contributed by atoms with E-state index in [1.54, 1.807) is 17.0 Å². The van der Waals surface area contributed by atoms with E-state index in [1.807, 2.05) is 56.6 Å². The predicted molar refractivity (Wildman–Crippen MR) is 213 cm³/mol. The molecule has 2 aliphatic rings. The van der Waals surface area contributed by atoms with E-state index in [1.165, 1.54) is 12.1 Å². The average Bonchev–Trinajstić information content (AvgIpc) is 3.78. The minimum absolute atomic E-state index is 0.256. The summed E-state index contributed by atoms with van der Waals surface area (Å²) < 4.78 is 53.3. The summed E-state index contributed by atoms with van der Waals surface area (Å²) in [5, 5.41) is 7.53. The normalized spacial score (nSPS) is 15.3. The van der Waals surface area contributed by atoms with Crippen LogP contribution in [0.4, 0.5) is 13.6 Å². The van der Waals surface area contributed by atoms with Gasteiger partial charge in [0.1, 0.15) is 23.0 Å². The number of carbonyl (C=O) groups excluding carboxylic acids is 1. The predicted octanol–water partition coefficient (Wildman–Crippen LogP) is 9.07. The summed E-state index contributed by atoms with van der Waals surface area (Å²) in [7, 11) is 0. The molecular formula is C44H55F2N5O4. The number of carbonyl (C=O) groups is 1. The topological polar surface area (TPSA) is 74.0 Å². The van der Waals surface area contributed by atoms with Crippen LogP contribution in [0.3, 0.4) is 0 Å². The van der Waals surface area contributed by atoms with Gasteiger partial charge < -0.3 is 23.7 Å². The van der Waals surface area contributed by atoms with Gasteiger partial charge in [-0.25, -0.2) is 13.6 Å². The molecule has 55 heavy (non-hydrogen) atoms. The van der Waals surface area contributed by atoms with Crippen LogP contribution >= 0.6 is 0 Å². The smallest absolute Gasteiger partial charge is 0.410 e. The zero-order chi connectivity index (χ0) is 39.1. The zero-order valence-electron chi connectivity index (χ0n) is 33.4. The summed E-state index contributed by atoms with van der Waals surface area (Å²) in [4.78, 5) is 16.9. The first kappa shape index (κ1) is 38.8. The van der Waals surface area contributed by atoms with Crippen LogP contribution in [-0.2, 0) is 42.0 Å². The number of rotatable bonds is 11. The first-order valence-electron chi connectivity index (χ1n) is 19.7. The summed E-state index contributed by atoms with van der Waals surface area (Å²) in [6.45, 7) is 19.4. The Kier molecular flexibility index (Phi) is 11.0. The Labute approximate surface area is 323 Å². The number of halogens is 2. The minimum atomic E-state index is -0.545. The third-order valence-corrected chi connectivity index (χ3v) is 10.6. The number of hydrogen-bond acceptors (Lipinski definition) is 6. The zero-order valence-corrected chi connectivity index (χ0v) is 33.4. The van der Waals surface area contributed by atoms with Crippen molar-refractivity contribution in [3.8, 4) is 16.9 Å². The van der Waals surface area contributed by atoms with Gasteiger partial charge in [-0.2, -0.15) is 5.10 Å². The Bertz CT molecular complexity index is 2190. The van der Waals surface area contributed by atoms with Gasteiger partial charge >= 0.3 is 6.09 Å². The molecule has 1 fully saturated rings. The lowest BCUT2D eigenvalue weighted by Crippen LogP contribution is -2.50. The minimum Gasteiger partial charge on any atom is -0.493 e. The maximum absolute atomic E-state index is 16.5. The molecule has 0 spiro atoms. The van der Waals surface area contributed by atoms with Crippen molar-refractivity contribution in [2.75, 3.05) is 39.3 Å². The van der Waals surface area contributed by atoms with Crippen molar-refractivity contribution in [3.05, 3.63) is 82.8 Å². The lowest BCUT2D eigenvalue weighted by Gasteiger charge is -2.35. The third kappa shape index (κ3) is 8.53. The number of aromatic nitrogens is 3.